The minimum atomic E-state index is -4.54. The van der Waals surface area contributed by atoms with Crippen molar-refractivity contribution in [1.82, 2.24) is 20.0 Å². The minimum Gasteiger partial charge on any atom is -0.344 e. The molecule has 1 aromatic carbocycles. The number of aliphatic imine (C=N–C) groups is 1. The van der Waals surface area contributed by atoms with Crippen LogP contribution in [0.1, 0.15) is 54.2 Å². The first kappa shape index (κ1) is 25.6. The SMILES string of the molecule is Cc1cc(C(F)(F)F)nn1CC(=O)N1CCC([SH]2C=NC(C(=O)N[C@H]3CCCc4ccccc43)=C2)CC1. The van der Waals surface area contributed by atoms with E-state index in [0.717, 1.165) is 42.9 Å². The van der Waals surface area contributed by atoms with Crippen LogP contribution < -0.4 is 5.32 Å². The van der Waals surface area contributed by atoms with Crippen LogP contribution in [0.2, 0.25) is 0 Å². The van der Waals surface area contributed by atoms with Crippen molar-refractivity contribution in [3.63, 3.8) is 0 Å². The number of halogens is 3. The zero-order valence-electron chi connectivity index (χ0n) is 20.5. The molecule has 0 radical (unpaired) electrons. The van der Waals surface area contributed by atoms with Crippen LogP contribution >= 0.6 is 10.9 Å². The van der Waals surface area contributed by atoms with Crippen LogP contribution in [0.4, 0.5) is 13.2 Å². The Labute approximate surface area is 216 Å². The summed E-state index contributed by atoms with van der Waals surface area (Å²) in [6.45, 7) is 2.35. The van der Waals surface area contributed by atoms with Gasteiger partial charge in [-0.05, 0) is 66.9 Å². The van der Waals surface area contributed by atoms with Gasteiger partial charge in [-0.15, -0.1) is 0 Å². The molecule has 1 fully saturated rings. The van der Waals surface area contributed by atoms with E-state index in [1.165, 1.54) is 18.1 Å². The summed E-state index contributed by atoms with van der Waals surface area (Å²) in [4.78, 5) is 31.8. The van der Waals surface area contributed by atoms with Crippen molar-refractivity contribution < 1.29 is 22.8 Å². The molecule has 0 spiro atoms. The van der Waals surface area contributed by atoms with Gasteiger partial charge >= 0.3 is 6.18 Å². The Bertz CT molecular complexity index is 1250. The standard InChI is InChI=1S/C26H30F3N5O2S/c1-17-13-23(26(27,28)29)32-34(17)14-24(35)33-11-9-19(10-12-33)37-15-22(30-16-37)25(36)31-21-8-4-6-18-5-2-3-7-20(18)21/h2-3,5,7,13,15-16,19,21,37H,4,6,8-12,14H2,1H3,(H,31,36)/t21-/m0/s1. The second kappa shape index (κ2) is 10.4. The van der Waals surface area contributed by atoms with Gasteiger partial charge in [-0.25, -0.2) is 4.99 Å². The molecule has 7 nitrogen and oxygen atoms in total. The number of alkyl halides is 3. The van der Waals surface area contributed by atoms with Crippen LogP contribution in [0.15, 0.2) is 46.4 Å². The van der Waals surface area contributed by atoms with E-state index in [4.69, 9.17) is 0 Å². The molecular formula is C26H30F3N5O2S. The molecule has 198 valence electrons. The van der Waals surface area contributed by atoms with Gasteiger partial charge in [0.15, 0.2) is 5.69 Å². The number of benzene rings is 1. The lowest BCUT2D eigenvalue weighted by atomic mass is 9.88. The highest BCUT2D eigenvalue weighted by Gasteiger charge is 2.35. The summed E-state index contributed by atoms with van der Waals surface area (Å²) in [7, 11) is -0.707. The lowest BCUT2D eigenvalue weighted by molar-refractivity contribution is -0.142. The molecule has 1 N–H and O–H groups in total. The van der Waals surface area contributed by atoms with Crippen molar-refractivity contribution in [2.45, 2.75) is 63.0 Å². The second-order valence-electron chi connectivity index (χ2n) is 9.76. The van der Waals surface area contributed by atoms with Gasteiger partial charge in [0.05, 0.1) is 6.04 Å². The Kier molecular flexibility index (Phi) is 7.15. The zero-order chi connectivity index (χ0) is 26.2. The highest BCUT2D eigenvalue weighted by molar-refractivity contribution is 8.31. The van der Waals surface area contributed by atoms with Crippen molar-refractivity contribution in [1.29, 1.82) is 0 Å². The van der Waals surface area contributed by atoms with E-state index in [0.29, 0.717) is 29.7 Å². The average Bonchev–Trinajstić information content (AvgIpc) is 3.52. The van der Waals surface area contributed by atoms with Crippen LogP contribution in [-0.4, -0.2) is 50.4 Å². The molecule has 5 rings (SSSR count). The van der Waals surface area contributed by atoms with Gasteiger partial charge in [0.2, 0.25) is 5.91 Å². The Morgan fingerprint density at radius 3 is 2.65 bits per heavy atom. The number of nitrogens with one attached hydrogen (secondary N) is 1. The largest absolute Gasteiger partial charge is 0.435 e. The molecular weight excluding hydrogens is 503 g/mol. The topological polar surface area (TPSA) is 79.6 Å². The molecule has 2 atom stereocenters. The summed E-state index contributed by atoms with van der Waals surface area (Å²) >= 11 is 0. The molecule has 3 heterocycles. The first-order chi connectivity index (χ1) is 17.7. The highest BCUT2D eigenvalue weighted by atomic mass is 32.2. The number of aromatic nitrogens is 2. The maximum absolute atomic E-state index is 12.9. The van der Waals surface area contributed by atoms with Crippen LogP contribution in [0, 0.1) is 6.92 Å². The van der Waals surface area contributed by atoms with E-state index < -0.39 is 22.8 Å². The Balaban J connectivity index is 1.14. The lowest BCUT2D eigenvalue weighted by Gasteiger charge is -2.34. The van der Waals surface area contributed by atoms with Crippen molar-refractivity contribution in [2.24, 2.45) is 4.99 Å². The van der Waals surface area contributed by atoms with Crippen molar-refractivity contribution in [3.05, 3.63) is 64.0 Å². The number of amides is 2. The summed E-state index contributed by atoms with van der Waals surface area (Å²) < 4.78 is 39.8. The fourth-order valence-corrected chi connectivity index (χ4v) is 7.26. The van der Waals surface area contributed by atoms with Gasteiger partial charge in [-0.3, -0.25) is 14.3 Å². The van der Waals surface area contributed by atoms with Gasteiger partial charge < -0.3 is 10.2 Å². The molecule has 11 heteroatoms. The third-order valence-electron chi connectivity index (χ3n) is 7.30. The molecule has 2 aliphatic heterocycles. The number of carbonyl (C=O) groups excluding carboxylic acids is 2. The summed E-state index contributed by atoms with van der Waals surface area (Å²) in [5.41, 5.74) is 4.13. The van der Waals surface area contributed by atoms with Crippen molar-refractivity contribution in [2.75, 3.05) is 13.1 Å². The first-order valence-corrected chi connectivity index (χ1v) is 14.1. The van der Waals surface area contributed by atoms with Gasteiger partial charge in [-0.2, -0.15) is 29.2 Å². The molecule has 1 aliphatic carbocycles. The summed E-state index contributed by atoms with van der Waals surface area (Å²) in [6.07, 6.45) is -0.0274. The molecule has 2 aromatic rings. The third kappa shape index (κ3) is 5.61. The maximum atomic E-state index is 12.9. The fraction of sp³-hybridized carbons (Fsp3) is 0.462. The Hall–Kier alpha value is -3.08. The number of fused-ring (bicyclic) bond motifs is 1. The van der Waals surface area contributed by atoms with Gasteiger partial charge in [0, 0.05) is 24.3 Å². The number of aryl methyl sites for hydroxylation is 2. The molecule has 0 saturated carbocycles. The third-order valence-corrected chi connectivity index (χ3v) is 9.59. The average molecular weight is 534 g/mol. The number of piperidine rings is 1. The van der Waals surface area contributed by atoms with Crippen molar-refractivity contribution >= 4 is 28.3 Å². The van der Waals surface area contributed by atoms with E-state index >= 15 is 0 Å². The summed E-state index contributed by atoms with van der Waals surface area (Å²) in [5, 5.41) is 9.01. The quantitative estimate of drug-likeness (QED) is 0.564. The van der Waals surface area contributed by atoms with Gasteiger partial charge in [0.1, 0.15) is 12.2 Å². The Morgan fingerprint density at radius 1 is 1.16 bits per heavy atom. The van der Waals surface area contributed by atoms with Crippen LogP contribution in [0.5, 0.6) is 0 Å². The molecule has 1 unspecified atom stereocenters. The maximum Gasteiger partial charge on any atom is 0.435 e. The number of hydrogen-bond donors (Lipinski definition) is 2. The van der Waals surface area contributed by atoms with E-state index in [2.05, 4.69) is 27.5 Å². The number of nitrogens with zero attached hydrogens (tertiary/aromatic N) is 4. The number of thiol groups is 1. The van der Waals surface area contributed by atoms with Crippen molar-refractivity contribution in [3.8, 4) is 0 Å². The monoisotopic (exact) mass is 533 g/mol. The van der Waals surface area contributed by atoms with Gasteiger partial charge in [0.25, 0.3) is 5.91 Å². The van der Waals surface area contributed by atoms with E-state index in [1.54, 1.807) is 4.90 Å². The molecule has 0 bridgehead atoms. The summed E-state index contributed by atoms with van der Waals surface area (Å²) in [6, 6.07) is 9.18. The normalized spacial score (nSPS) is 23.0. The number of likely N-dealkylation sites (tertiary alicyclic amines) is 1. The predicted molar refractivity (Wildman–Crippen MR) is 137 cm³/mol. The number of hydrogen-bond acceptors (Lipinski definition) is 4. The second-order valence-corrected chi connectivity index (χ2v) is 11.9. The first-order valence-electron chi connectivity index (χ1n) is 12.5. The molecule has 1 aromatic heterocycles. The number of carbonyl (C=O) groups is 2. The zero-order valence-corrected chi connectivity index (χ0v) is 21.4. The summed E-state index contributed by atoms with van der Waals surface area (Å²) in [5.74, 6) is -0.391. The van der Waals surface area contributed by atoms with Crippen LogP contribution in [0.25, 0.3) is 0 Å². The minimum absolute atomic E-state index is 0.000244. The number of rotatable bonds is 5. The van der Waals surface area contributed by atoms with E-state index in [-0.39, 0.29) is 24.4 Å². The molecule has 37 heavy (non-hydrogen) atoms. The van der Waals surface area contributed by atoms with Crippen LogP contribution in [0.3, 0.4) is 0 Å². The van der Waals surface area contributed by atoms with Crippen LogP contribution in [-0.2, 0) is 28.7 Å². The molecule has 2 amide bonds. The smallest absolute Gasteiger partial charge is 0.344 e. The fourth-order valence-electron chi connectivity index (χ4n) is 5.24. The predicted octanol–water partition coefficient (Wildman–Crippen LogP) is 4.28. The highest BCUT2D eigenvalue weighted by Crippen LogP contribution is 2.41. The van der Waals surface area contributed by atoms with E-state index in [1.807, 2.05) is 23.1 Å². The Morgan fingerprint density at radius 2 is 1.92 bits per heavy atom. The molecule has 1 saturated heterocycles. The van der Waals surface area contributed by atoms with E-state index in [9.17, 15) is 22.8 Å². The lowest BCUT2D eigenvalue weighted by Crippen LogP contribution is -2.41. The molecule has 3 aliphatic rings. The van der Waals surface area contributed by atoms with Gasteiger partial charge in [-0.1, -0.05) is 24.3 Å².